The van der Waals surface area contributed by atoms with Crippen molar-refractivity contribution in [2.24, 2.45) is 5.92 Å². The highest BCUT2D eigenvalue weighted by Crippen LogP contribution is 2.21. The van der Waals surface area contributed by atoms with Gasteiger partial charge in [-0.3, -0.25) is 14.5 Å². The van der Waals surface area contributed by atoms with Gasteiger partial charge < -0.3 is 10.2 Å². The maximum absolute atomic E-state index is 10.9. The maximum Gasteiger partial charge on any atom is 0.317 e. The van der Waals surface area contributed by atoms with Gasteiger partial charge in [-0.05, 0) is 30.4 Å². The third kappa shape index (κ3) is 5.95. The summed E-state index contributed by atoms with van der Waals surface area (Å²) in [6.07, 6.45) is 0.989. The lowest BCUT2D eigenvalue weighted by atomic mass is 9.99. The molecule has 21 heavy (non-hydrogen) atoms. The van der Waals surface area contributed by atoms with E-state index in [2.05, 4.69) is 13.8 Å². The van der Waals surface area contributed by atoms with Gasteiger partial charge in [0.2, 0.25) is 0 Å². The second-order valence-electron chi connectivity index (χ2n) is 5.71. The molecule has 0 fully saturated rings. The summed E-state index contributed by atoms with van der Waals surface area (Å²) in [7, 11) is 0. The van der Waals surface area contributed by atoms with Crippen molar-refractivity contribution < 1.29 is 19.8 Å². The van der Waals surface area contributed by atoms with E-state index in [1.165, 1.54) is 10.5 Å². The Morgan fingerprint density at radius 1 is 1.00 bits per heavy atom. The molecule has 1 atom stereocenters. The van der Waals surface area contributed by atoms with Gasteiger partial charge in [-0.2, -0.15) is 0 Å². The molecule has 1 aromatic rings. The summed E-state index contributed by atoms with van der Waals surface area (Å²) in [5.41, 5.74) is 2.15. The zero-order chi connectivity index (χ0) is 16.0. The van der Waals surface area contributed by atoms with E-state index in [9.17, 15) is 9.59 Å². The van der Waals surface area contributed by atoms with Crippen LogP contribution in [-0.4, -0.2) is 40.1 Å². The normalized spacial score (nSPS) is 12.6. The molecule has 1 unspecified atom stereocenters. The van der Waals surface area contributed by atoms with Crippen LogP contribution in [0.25, 0.3) is 0 Å². The molecule has 0 amide bonds. The molecule has 0 spiro atoms. The van der Waals surface area contributed by atoms with E-state index in [1.54, 1.807) is 0 Å². The van der Waals surface area contributed by atoms with Gasteiger partial charge in [0.05, 0.1) is 13.1 Å². The van der Waals surface area contributed by atoms with E-state index in [-0.39, 0.29) is 19.1 Å². The molecule has 1 aromatic carbocycles. The van der Waals surface area contributed by atoms with Crippen LogP contribution < -0.4 is 0 Å². The zero-order valence-electron chi connectivity index (χ0n) is 12.7. The van der Waals surface area contributed by atoms with Crippen LogP contribution in [0, 0.1) is 5.92 Å². The van der Waals surface area contributed by atoms with Crippen molar-refractivity contribution in [1.82, 2.24) is 4.90 Å². The molecule has 0 saturated carbocycles. The molecule has 116 valence electrons. The van der Waals surface area contributed by atoms with Crippen LogP contribution in [0.1, 0.15) is 37.9 Å². The topological polar surface area (TPSA) is 77.8 Å². The first-order valence-corrected chi connectivity index (χ1v) is 7.06. The average Bonchev–Trinajstić information content (AvgIpc) is 2.36. The number of rotatable bonds is 8. The SMILES string of the molecule is CC(C)Cc1ccc(C(C)N(CC(=O)O)CC(=O)O)cc1. The summed E-state index contributed by atoms with van der Waals surface area (Å²) >= 11 is 0. The first-order chi connectivity index (χ1) is 9.79. The number of nitrogens with zero attached hydrogens (tertiary/aromatic N) is 1. The quantitative estimate of drug-likeness (QED) is 0.769. The number of hydrogen-bond donors (Lipinski definition) is 2. The number of carboxylic acids is 2. The van der Waals surface area contributed by atoms with Gasteiger partial charge in [0.1, 0.15) is 0 Å². The summed E-state index contributed by atoms with van der Waals surface area (Å²) in [6.45, 7) is 5.54. The van der Waals surface area contributed by atoms with Crippen LogP contribution in [0.3, 0.4) is 0 Å². The fraction of sp³-hybridized carbons (Fsp3) is 0.500. The molecule has 5 heteroatoms. The summed E-state index contributed by atoms with van der Waals surface area (Å²) < 4.78 is 0. The van der Waals surface area contributed by atoms with E-state index >= 15 is 0 Å². The largest absolute Gasteiger partial charge is 0.480 e. The van der Waals surface area contributed by atoms with Crippen molar-refractivity contribution in [2.45, 2.75) is 33.2 Å². The van der Waals surface area contributed by atoms with E-state index in [0.29, 0.717) is 5.92 Å². The van der Waals surface area contributed by atoms with Gasteiger partial charge in [0.25, 0.3) is 0 Å². The molecule has 0 aliphatic heterocycles. The highest BCUT2D eigenvalue weighted by molar-refractivity contribution is 5.72. The number of hydrogen-bond acceptors (Lipinski definition) is 3. The monoisotopic (exact) mass is 293 g/mol. The maximum atomic E-state index is 10.9. The Morgan fingerprint density at radius 2 is 1.48 bits per heavy atom. The first-order valence-electron chi connectivity index (χ1n) is 7.06. The summed E-state index contributed by atoms with van der Waals surface area (Å²) in [5.74, 6) is -1.48. The van der Waals surface area contributed by atoms with Gasteiger partial charge in [0.15, 0.2) is 0 Å². The Bertz CT molecular complexity index is 466. The highest BCUT2D eigenvalue weighted by atomic mass is 16.4. The second-order valence-corrected chi connectivity index (χ2v) is 5.71. The van der Waals surface area contributed by atoms with Crippen molar-refractivity contribution in [3.05, 3.63) is 35.4 Å². The molecular weight excluding hydrogens is 270 g/mol. The number of aliphatic carboxylic acids is 2. The average molecular weight is 293 g/mol. The molecule has 2 N–H and O–H groups in total. The van der Waals surface area contributed by atoms with Gasteiger partial charge in [-0.25, -0.2) is 0 Å². The first kappa shape index (κ1) is 17.2. The molecular formula is C16H23NO4. The minimum absolute atomic E-state index is 0.259. The van der Waals surface area contributed by atoms with Crippen LogP contribution in [0.15, 0.2) is 24.3 Å². The van der Waals surface area contributed by atoms with Crippen molar-refractivity contribution >= 4 is 11.9 Å². The van der Waals surface area contributed by atoms with E-state index in [1.807, 2.05) is 31.2 Å². The number of benzene rings is 1. The standard InChI is InChI=1S/C16H23NO4/c1-11(2)8-13-4-6-14(7-5-13)12(3)17(9-15(18)19)10-16(20)21/h4-7,11-12H,8-10H2,1-3H3,(H,18,19)(H,20,21). The summed E-state index contributed by atoms with van der Waals surface area (Å²) in [5, 5.41) is 17.8. The van der Waals surface area contributed by atoms with E-state index in [4.69, 9.17) is 10.2 Å². The third-order valence-electron chi connectivity index (χ3n) is 3.33. The number of carboxylic acid groups (broad SMARTS) is 2. The second kappa shape index (κ2) is 7.78. The Morgan fingerprint density at radius 3 is 1.86 bits per heavy atom. The Hall–Kier alpha value is -1.88. The molecule has 0 aromatic heterocycles. The van der Waals surface area contributed by atoms with Crippen LogP contribution >= 0.6 is 0 Å². The molecule has 0 aliphatic rings. The third-order valence-corrected chi connectivity index (χ3v) is 3.33. The molecule has 0 saturated heterocycles. The van der Waals surface area contributed by atoms with Crippen LogP contribution in [0.2, 0.25) is 0 Å². The molecule has 0 bridgehead atoms. The van der Waals surface area contributed by atoms with Gasteiger partial charge in [-0.15, -0.1) is 0 Å². The number of carbonyl (C=O) groups is 2. The van der Waals surface area contributed by atoms with Crippen molar-refractivity contribution in [3.8, 4) is 0 Å². The van der Waals surface area contributed by atoms with Crippen molar-refractivity contribution in [1.29, 1.82) is 0 Å². The molecule has 0 aliphatic carbocycles. The van der Waals surface area contributed by atoms with Crippen LogP contribution in [-0.2, 0) is 16.0 Å². The van der Waals surface area contributed by atoms with Gasteiger partial charge in [0, 0.05) is 6.04 Å². The van der Waals surface area contributed by atoms with E-state index < -0.39 is 11.9 Å². The molecule has 5 nitrogen and oxygen atoms in total. The highest BCUT2D eigenvalue weighted by Gasteiger charge is 2.20. The predicted octanol–water partition coefficient (Wildman–Crippen LogP) is 2.42. The lowest BCUT2D eigenvalue weighted by Crippen LogP contribution is -2.36. The summed E-state index contributed by atoms with van der Waals surface area (Å²) in [6, 6.07) is 7.67. The minimum atomic E-state index is -1.03. The predicted molar refractivity (Wildman–Crippen MR) is 80.2 cm³/mol. The van der Waals surface area contributed by atoms with Gasteiger partial charge >= 0.3 is 11.9 Å². The van der Waals surface area contributed by atoms with Gasteiger partial charge in [-0.1, -0.05) is 38.1 Å². The van der Waals surface area contributed by atoms with Crippen molar-refractivity contribution in [2.75, 3.05) is 13.1 Å². The fourth-order valence-electron chi connectivity index (χ4n) is 2.29. The summed E-state index contributed by atoms with van der Waals surface area (Å²) in [4.78, 5) is 23.2. The fourth-order valence-corrected chi connectivity index (χ4v) is 2.29. The Kier molecular flexibility index (Phi) is 6.37. The Balaban J connectivity index is 2.84. The van der Waals surface area contributed by atoms with Crippen LogP contribution in [0.4, 0.5) is 0 Å². The lowest BCUT2D eigenvalue weighted by Gasteiger charge is -2.26. The molecule has 0 radical (unpaired) electrons. The molecule has 1 rings (SSSR count). The molecule has 0 heterocycles. The van der Waals surface area contributed by atoms with Crippen LogP contribution in [0.5, 0.6) is 0 Å². The lowest BCUT2D eigenvalue weighted by molar-refractivity contribution is -0.142. The minimum Gasteiger partial charge on any atom is -0.480 e. The van der Waals surface area contributed by atoms with Crippen molar-refractivity contribution in [3.63, 3.8) is 0 Å². The van der Waals surface area contributed by atoms with E-state index in [0.717, 1.165) is 12.0 Å². The zero-order valence-corrected chi connectivity index (χ0v) is 12.7. The smallest absolute Gasteiger partial charge is 0.317 e. The Labute approximate surface area is 125 Å².